The van der Waals surface area contributed by atoms with Crippen LogP contribution in [0.15, 0.2) is 42.6 Å². The van der Waals surface area contributed by atoms with Crippen LogP contribution in [0.4, 0.5) is 0 Å². The minimum absolute atomic E-state index is 0.0321. The predicted molar refractivity (Wildman–Crippen MR) is 104 cm³/mol. The van der Waals surface area contributed by atoms with Gasteiger partial charge in [0.15, 0.2) is 11.6 Å². The van der Waals surface area contributed by atoms with Gasteiger partial charge in [-0.25, -0.2) is 0 Å². The molecule has 1 N–H and O–H groups in total. The third-order valence-corrected chi connectivity index (χ3v) is 6.69. The first-order valence-electron chi connectivity index (χ1n) is 9.80. The largest absolute Gasteiger partial charge is 0.349 e. The molecule has 144 valence electrons. The first-order valence-corrected chi connectivity index (χ1v) is 9.80. The van der Waals surface area contributed by atoms with Gasteiger partial charge >= 0.3 is 0 Å². The van der Waals surface area contributed by atoms with Crippen molar-refractivity contribution in [3.8, 4) is 11.4 Å². The van der Waals surface area contributed by atoms with Crippen LogP contribution in [0.5, 0.6) is 0 Å². The lowest BCUT2D eigenvalue weighted by atomic mass is 9.58. The van der Waals surface area contributed by atoms with Gasteiger partial charge < -0.3 is 9.88 Å². The Morgan fingerprint density at radius 1 is 1.21 bits per heavy atom. The smallest absolute Gasteiger partial charge is 0.224 e. The number of aromatic nitrogens is 5. The zero-order valence-corrected chi connectivity index (χ0v) is 16.2. The van der Waals surface area contributed by atoms with E-state index in [2.05, 4.69) is 26.7 Å². The van der Waals surface area contributed by atoms with Gasteiger partial charge in [-0.15, -0.1) is 10.2 Å². The Morgan fingerprint density at radius 2 is 2.04 bits per heavy atom. The Labute approximate surface area is 163 Å². The van der Waals surface area contributed by atoms with Crippen LogP contribution < -0.4 is 5.32 Å². The zero-order chi connectivity index (χ0) is 19.3. The summed E-state index contributed by atoms with van der Waals surface area (Å²) in [5, 5.41) is 16.0. The van der Waals surface area contributed by atoms with Gasteiger partial charge in [0.2, 0.25) is 5.91 Å². The molecule has 3 aliphatic rings. The number of hydrogen-bond acceptors (Lipinski definition) is 4. The molecule has 0 spiro atoms. The third kappa shape index (κ3) is 2.42. The van der Waals surface area contributed by atoms with Crippen LogP contribution in [-0.2, 0) is 30.8 Å². The standard InChI is InChI=1S/C21H24N6O/c1-26-17(24-25-19(26)14-6-4-3-5-7-14)13-22-20(28)18-15-8-10-21(18,12-15)16-9-11-23-27(16)2/h3-7,9,11,15,18H,8,10,12-13H2,1-2H3,(H,22,28). The molecule has 3 saturated carbocycles. The Balaban J connectivity index is 1.31. The minimum atomic E-state index is -0.0465. The molecule has 0 radical (unpaired) electrons. The number of carbonyl (C=O) groups excluding carboxylic acids is 1. The number of benzene rings is 1. The fourth-order valence-corrected chi connectivity index (χ4v) is 5.32. The number of carbonyl (C=O) groups is 1. The van der Waals surface area contributed by atoms with E-state index in [0.29, 0.717) is 12.5 Å². The van der Waals surface area contributed by atoms with Gasteiger partial charge in [0.1, 0.15) is 0 Å². The molecule has 0 saturated heterocycles. The SMILES string of the molecule is Cn1nccc1C12CCC(C1)C2C(=O)NCc1nnc(-c2ccccc2)n1C. The summed E-state index contributed by atoms with van der Waals surface area (Å²) >= 11 is 0. The first-order chi connectivity index (χ1) is 13.6. The highest BCUT2D eigenvalue weighted by Gasteiger charge is 2.63. The van der Waals surface area contributed by atoms with Crippen LogP contribution in [0.3, 0.4) is 0 Å². The molecule has 1 aromatic carbocycles. The fraction of sp³-hybridized carbons (Fsp3) is 0.429. The van der Waals surface area contributed by atoms with E-state index in [0.717, 1.165) is 36.5 Å². The molecule has 3 fully saturated rings. The monoisotopic (exact) mass is 376 g/mol. The number of fused-ring (bicyclic) bond motifs is 1. The number of hydrogen-bond donors (Lipinski definition) is 1. The summed E-state index contributed by atoms with van der Waals surface area (Å²) in [6.45, 7) is 0.389. The van der Waals surface area contributed by atoms with E-state index in [4.69, 9.17) is 0 Å². The molecule has 2 heterocycles. The van der Waals surface area contributed by atoms with Gasteiger partial charge in [0.05, 0.1) is 12.5 Å². The van der Waals surface area contributed by atoms with E-state index in [1.807, 2.05) is 59.9 Å². The molecule has 1 amide bonds. The van der Waals surface area contributed by atoms with Crippen LogP contribution >= 0.6 is 0 Å². The quantitative estimate of drug-likeness (QED) is 0.741. The normalized spacial score (nSPS) is 25.5. The van der Waals surface area contributed by atoms with Crippen molar-refractivity contribution in [1.82, 2.24) is 29.9 Å². The van der Waals surface area contributed by atoms with Crippen molar-refractivity contribution in [3.05, 3.63) is 54.1 Å². The van der Waals surface area contributed by atoms with E-state index in [1.165, 1.54) is 5.69 Å². The maximum atomic E-state index is 13.1. The van der Waals surface area contributed by atoms with Gasteiger partial charge in [-0.2, -0.15) is 5.10 Å². The van der Waals surface area contributed by atoms with E-state index < -0.39 is 0 Å². The van der Waals surface area contributed by atoms with Crippen LogP contribution in [0.1, 0.15) is 30.8 Å². The summed E-state index contributed by atoms with van der Waals surface area (Å²) in [7, 11) is 3.91. The Morgan fingerprint density at radius 3 is 2.75 bits per heavy atom. The number of aryl methyl sites for hydroxylation is 1. The average Bonchev–Trinajstić information content (AvgIpc) is 3.44. The van der Waals surface area contributed by atoms with Crippen molar-refractivity contribution in [2.45, 2.75) is 31.2 Å². The van der Waals surface area contributed by atoms with Crippen molar-refractivity contribution in [3.63, 3.8) is 0 Å². The summed E-state index contributed by atoms with van der Waals surface area (Å²) in [5.41, 5.74) is 2.16. The van der Waals surface area contributed by atoms with Crippen LogP contribution in [-0.4, -0.2) is 30.5 Å². The van der Waals surface area contributed by atoms with Crippen molar-refractivity contribution in [2.24, 2.45) is 25.9 Å². The predicted octanol–water partition coefficient (Wildman–Crippen LogP) is 2.20. The van der Waals surface area contributed by atoms with Crippen molar-refractivity contribution >= 4 is 5.91 Å². The fourth-order valence-electron chi connectivity index (χ4n) is 5.32. The number of nitrogens with one attached hydrogen (secondary N) is 1. The third-order valence-electron chi connectivity index (χ3n) is 6.69. The molecule has 28 heavy (non-hydrogen) atoms. The Bertz CT molecular complexity index is 1020. The molecule has 2 bridgehead atoms. The average molecular weight is 376 g/mol. The second-order valence-electron chi connectivity index (χ2n) is 8.06. The molecule has 7 heteroatoms. The molecule has 2 aromatic heterocycles. The second-order valence-corrected chi connectivity index (χ2v) is 8.06. The highest BCUT2D eigenvalue weighted by molar-refractivity contribution is 5.82. The molecule has 3 atom stereocenters. The van der Waals surface area contributed by atoms with Crippen LogP contribution in [0.2, 0.25) is 0 Å². The van der Waals surface area contributed by atoms with E-state index >= 15 is 0 Å². The van der Waals surface area contributed by atoms with Crippen molar-refractivity contribution in [1.29, 1.82) is 0 Å². The lowest BCUT2D eigenvalue weighted by molar-refractivity contribution is -0.133. The van der Waals surface area contributed by atoms with E-state index in [9.17, 15) is 4.79 Å². The second kappa shape index (κ2) is 6.29. The molecular formula is C21H24N6O. The summed E-state index contributed by atoms with van der Waals surface area (Å²) in [6.07, 6.45) is 5.10. The molecule has 6 rings (SSSR count). The van der Waals surface area contributed by atoms with Gasteiger partial charge in [-0.05, 0) is 31.2 Å². The molecule has 3 aliphatic carbocycles. The lowest BCUT2D eigenvalue weighted by Gasteiger charge is -2.46. The minimum Gasteiger partial charge on any atom is -0.349 e. The summed E-state index contributed by atoms with van der Waals surface area (Å²) in [4.78, 5) is 13.1. The highest BCUT2D eigenvalue weighted by Crippen LogP contribution is 2.63. The van der Waals surface area contributed by atoms with E-state index in [1.54, 1.807) is 0 Å². The highest BCUT2D eigenvalue weighted by atomic mass is 16.2. The number of nitrogens with zero attached hydrogens (tertiary/aromatic N) is 5. The Kier molecular flexibility index (Phi) is 3.86. The molecular weight excluding hydrogens is 352 g/mol. The summed E-state index contributed by atoms with van der Waals surface area (Å²) < 4.78 is 3.87. The van der Waals surface area contributed by atoms with Gasteiger partial charge in [-0.3, -0.25) is 9.48 Å². The van der Waals surface area contributed by atoms with Crippen molar-refractivity contribution < 1.29 is 4.79 Å². The molecule has 3 aromatic rings. The molecule has 3 unspecified atom stereocenters. The van der Waals surface area contributed by atoms with Gasteiger partial charge in [0, 0.05) is 37.0 Å². The first kappa shape index (κ1) is 17.2. The van der Waals surface area contributed by atoms with Gasteiger partial charge in [0.25, 0.3) is 0 Å². The number of amides is 1. The maximum absolute atomic E-state index is 13.1. The number of rotatable bonds is 5. The van der Waals surface area contributed by atoms with E-state index in [-0.39, 0.29) is 17.2 Å². The lowest BCUT2D eigenvalue weighted by Crippen LogP contribution is -2.53. The maximum Gasteiger partial charge on any atom is 0.224 e. The van der Waals surface area contributed by atoms with Crippen LogP contribution in [0.25, 0.3) is 11.4 Å². The van der Waals surface area contributed by atoms with Gasteiger partial charge in [-0.1, -0.05) is 30.3 Å². The Hall–Kier alpha value is -2.96. The topological polar surface area (TPSA) is 77.6 Å². The zero-order valence-electron chi connectivity index (χ0n) is 16.2. The summed E-state index contributed by atoms with van der Waals surface area (Å²) in [5.74, 6) is 2.20. The molecule has 0 aliphatic heterocycles. The summed E-state index contributed by atoms with van der Waals surface area (Å²) in [6, 6.07) is 12.0. The van der Waals surface area contributed by atoms with Crippen molar-refractivity contribution in [2.75, 3.05) is 0 Å². The van der Waals surface area contributed by atoms with Crippen LogP contribution in [0, 0.1) is 11.8 Å². The molecule has 7 nitrogen and oxygen atoms in total.